The Morgan fingerprint density at radius 2 is 1.80 bits per heavy atom. The fraction of sp³-hybridized carbons (Fsp3) is 0.190. The maximum Gasteiger partial charge on any atom is 0.387 e. The Labute approximate surface area is 171 Å². The zero-order valence-electron chi connectivity index (χ0n) is 16.0. The number of hydrogen-bond donors (Lipinski definition) is 1. The van der Waals surface area contributed by atoms with Crippen molar-refractivity contribution in [2.24, 2.45) is 0 Å². The fourth-order valence-electron chi connectivity index (χ4n) is 2.61. The molecule has 3 rings (SSSR count). The third kappa shape index (κ3) is 5.63. The number of rotatable bonds is 8. The van der Waals surface area contributed by atoms with Crippen LogP contribution < -0.4 is 10.1 Å². The highest BCUT2D eigenvalue weighted by atomic mass is 19.3. The first-order chi connectivity index (χ1) is 14.4. The van der Waals surface area contributed by atoms with Gasteiger partial charge in [0, 0.05) is 6.20 Å². The largest absolute Gasteiger partial charge is 0.449 e. The molecule has 7 nitrogen and oxygen atoms in total. The van der Waals surface area contributed by atoms with Crippen LogP contribution in [0.2, 0.25) is 0 Å². The monoisotopic (exact) mass is 415 g/mol. The molecule has 0 saturated carbocycles. The number of halogens is 2. The van der Waals surface area contributed by atoms with E-state index < -0.39 is 24.6 Å². The minimum absolute atomic E-state index is 0.0429. The van der Waals surface area contributed by atoms with Crippen molar-refractivity contribution in [3.8, 4) is 5.75 Å². The van der Waals surface area contributed by atoms with Crippen LogP contribution >= 0.6 is 0 Å². The van der Waals surface area contributed by atoms with Gasteiger partial charge < -0.3 is 14.8 Å². The molecule has 1 atom stereocenters. The van der Waals surface area contributed by atoms with Gasteiger partial charge in [0.2, 0.25) is 0 Å². The summed E-state index contributed by atoms with van der Waals surface area (Å²) in [6.07, 6.45) is 1.70. The van der Waals surface area contributed by atoms with Crippen LogP contribution in [0.15, 0.2) is 67.0 Å². The molecule has 0 aliphatic rings. The average molecular weight is 415 g/mol. The molecule has 156 valence electrons. The summed E-state index contributed by atoms with van der Waals surface area (Å²) in [7, 11) is 0. The van der Waals surface area contributed by atoms with Gasteiger partial charge in [-0.2, -0.15) is 13.9 Å². The average Bonchev–Trinajstić information content (AvgIpc) is 3.18. The Bertz CT molecular complexity index is 1010. The molecular weight excluding hydrogens is 396 g/mol. The number of para-hydroxylation sites is 2. The molecule has 1 aromatic heterocycles. The van der Waals surface area contributed by atoms with E-state index in [1.807, 2.05) is 30.3 Å². The molecule has 2 aromatic carbocycles. The zero-order valence-corrected chi connectivity index (χ0v) is 16.0. The van der Waals surface area contributed by atoms with Crippen LogP contribution in [0.1, 0.15) is 22.8 Å². The normalized spacial score (nSPS) is 11.7. The Hall–Kier alpha value is -3.75. The lowest BCUT2D eigenvalue weighted by Crippen LogP contribution is -2.30. The van der Waals surface area contributed by atoms with Crippen LogP contribution in [0.25, 0.3) is 0 Å². The predicted molar refractivity (Wildman–Crippen MR) is 104 cm³/mol. The Balaban J connectivity index is 1.59. The third-order valence-electron chi connectivity index (χ3n) is 4.07. The van der Waals surface area contributed by atoms with E-state index in [9.17, 15) is 18.4 Å². The third-order valence-corrected chi connectivity index (χ3v) is 4.07. The van der Waals surface area contributed by atoms with E-state index in [-0.39, 0.29) is 17.0 Å². The van der Waals surface area contributed by atoms with E-state index in [4.69, 9.17) is 4.74 Å². The van der Waals surface area contributed by atoms with E-state index in [1.54, 1.807) is 10.7 Å². The zero-order chi connectivity index (χ0) is 21.5. The maximum absolute atomic E-state index is 12.5. The second kappa shape index (κ2) is 9.64. The van der Waals surface area contributed by atoms with E-state index in [1.165, 1.54) is 37.5 Å². The molecule has 0 spiro atoms. The molecule has 0 aliphatic heterocycles. The molecule has 1 amide bonds. The standard InChI is InChI=1S/C21H19F2N3O4/c1-14(19(27)25-17-9-5-6-10-18(17)30-21(22)23)29-20(28)16-11-24-26(13-16)12-15-7-3-2-4-8-15/h2-11,13-14,21H,12H2,1H3,(H,25,27). The van der Waals surface area contributed by atoms with E-state index in [2.05, 4.69) is 15.2 Å². The highest BCUT2D eigenvalue weighted by Gasteiger charge is 2.21. The molecule has 9 heteroatoms. The quantitative estimate of drug-likeness (QED) is 0.567. The van der Waals surface area contributed by atoms with Gasteiger partial charge in [-0.1, -0.05) is 42.5 Å². The summed E-state index contributed by atoms with van der Waals surface area (Å²) in [5.41, 5.74) is 1.24. The summed E-state index contributed by atoms with van der Waals surface area (Å²) in [4.78, 5) is 24.6. The van der Waals surface area contributed by atoms with Crippen LogP contribution in [0.4, 0.5) is 14.5 Å². The molecule has 0 aliphatic carbocycles. The second-order valence-corrected chi connectivity index (χ2v) is 6.32. The lowest BCUT2D eigenvalue weighted by atomic mass is 10.2. The van der Waals surface area contributed by atoms with Gasteiger partial charge in [0.1, 0.15) is 5.75 Å². The number of amides is 1. The van der Waals surface area contributed by atoms with Crippen LogP contribution in [-0.4, -0.2) is 34.4 Å². The summed E-state index contributed by atoms with van der Waals surface area (Å²) < 4.78 is 36.1. The number of esters is 1. The van der Waals surface area contributed by atoms with Crippen LogP contribution in [0, 0.1) is 0 Å². The van der Waals surface area contributed by atoms with E-state index in [0.29, 0.717) is 6.54 Å². The molecule has 0 radical (unpaired) electrons. The Morgan fingerprint density at radius 1 is 1.10 bits per heavy atom. The number of nitrogens with zero attached hydrogens (tertiary/aromatic N) is 2. The number of carbonyl (C=O) groups is 2. The number of carbonyl (C=O) groups excluding carboxylic acids is 2. The van der Waals surface area contributed by atoms with Gasteiger partial charge >= 0.3 is 12.6 Å². The first-order valence-corrected chi connectivity index (χ1v) is 9.04. The topological polar surface area (TPSA) is 82.5 Å². The predicted octanol–water partition coefficient (Wildman–Crippen LogP) is 3.72. The number of benzene rings is 2. The van der Waals surface area contributed by atoms with Crippen molar-refractivity contribution in [1.29, 1.82) is 0 Å². The van der Waals surface area contributed by atoms with Gasteiger partial charge in [0.25, 0.3) is 5.91 Å². The van der Waals surface area contributed by atoms with Crippen molar-refractivity contribution in [1.82, 2.24) is 9.78 Å². The summed E-state index contributed by atoms with van der Waals surface area (Å²) in [6, 6.07) is 15.3. The molecule has 0 saturated heterocycles. The number of aromatic nitrogens is 2. The molecule has 30 heavy (non-hydrogen) atoms. The van der Waals surface area contributed by atoms with Crippen molar-refractivity contribution in [2.75, 3.05) is 5.32 Å². The number of anilines is 1. The van der Waals surface area contributed by atoms with Crippen molar-refractivity contribution in [2.45, 2.75) is 26.2 Å². The summed E-state index contributed by atoms with van der Waals surface area (Å²) >= 11 is 0. The van der Waals surface area contributed by atoms with Crippen molar-refractivity contribution >= 4 is 17.6 Å². The van der Waals surface area contributed by atoms with E-state index >= 15 is 0 Å². The van der Waals surface area contributed by atoms with Crippen LogP contribution in [0.3, 0.4) is 0 Å². The highest BCUT2D eigenvalue weighted by molar-refractivity contribution is 5.98. The fourth-order valence-corrected chi connectivity index (χ4v) is 2.61. The SMILES string of the molecule is CC(OC(=O)c1cnn(Cc2ccccc2)c1)C(=O)Nc1ccccc1OC(F)F. The van der Waals surface area contributed by atoms with E-state index in [0.717, 1.165) is 5.56 Å². The highest BCUT2D eigenvalue weighted by Crippen LogP contribution is 2.25. The minimum atomic E-state index is -3.04. The lowest BCUT2D eigenvalue weighted by Gasteiger charge is -2.15. The molecule has 0 fully saturated rings. The summed E-state index contributed by atoms with van der Waals surface area (Å²) in [5.74, 6) is -1.61. The molecular formula is C21H19F2N3O4. The van der Waals surface area contributed by atoms with Crippen molar-refractivity contribution in [3.05, 3.63) is 78.1 Å². The summed E-state index contributed by atoms with van der Waals surface area (Å²) in [6.45, 7) is -1.19. The first kappa shape index (κ1) is 21.0. The van der Waals surface area contributed by atoms with Crippen molar-refractivity contribution in [3.63, 3.8) is 0 Å². The first-order valence-electron chi connectivity index (χ1n) is 9.04. The second-order valence-electron chi connectivity index (χ2n) is 6.32. The molecule has 0 bridgehead atoms. The smallest absolute Gasteiger partial charge is 0.387 e. The van der Waals surface area contributed by atoms with Gasteiger partial charge in [-0.3, -0.25) is 9.48 Å². The van der Waals surface area contributed by atoms with Crippen LogP contribution in [0.5, 0.6) is 5.75 Å². The van der Waals surface area contributed by atoms with Crippen LogP contribution in [-0.2, 0) is 16.1 Å². The van der Waals surface area contributed by atoms with Gasteiger partial charge in [-0.05, 0) is 24.6 Å². The number of ether oxygens (including phenoxy) is 2. The molecule has 1 unspecified atom stereocenters. The molecule has 1 heterocycles. The Kier molecular flexibility index (Phi) is 6.74. The molecule has 3 aromatic rings. The minimum Gasteiger partial charge on any atom is -0.449 e. The van der Waals surface area contributed by atoms with Gasteiger partial charge in [0.15, 0.2) is 6.10 Å². The number of nitrogens with one attached hydrogen (secondary N) is 1. The molecule has 1 N–H and O–H groups in total. The Morgan fingerprint density at radius 3 is 2.53 bits per heavy atom. The van der Waals surface area contributed by atoms with Gasteiger partial charge in [0.05, 0.1) is 24.0 Å². The lowest BCUT2D eigenvalue weighted by molar-refractivity contribution is -0.123. The van der Waals surface area contributed by atoms with Crippen molar-refractivity contribution < 1.29 is 27.8 Å². The maximum atomic E-state index is 12.5. The number of hydrogen-bond acceptors (Lipinski definition) is 5. The number of alkyl halides is 2. The van der Waals surface area contributed by atoms with Gasteiger partial charge in [-0.25, -0.2) is 4.79 Å². The van der Waals surface area contributed by atoms with Gasteiger partial charge in [-0.15, -0.1) is 0 Å². The summed E-state index contributed by atoms with van der Waals surface area (Å²) in [5, 5.41) is 6.53.